The molecule has 11 rings (SSSR count). The van der Waals surface area contributed by atoms with Gasteiger partial charge in [-0.3, -0.25) is 14.5 Å². The molecular weight excluding hydrogens is 1020 g/mol. The maximum atomic E-state index is 15.4. The van der Waals surface area contributed by atoms with Crippen molar-refractivity contribution in [2.45, 2.75) is 127 Å². The number of nitrogens with one attached hydrogen (secondary N) is 1. The quantitative estimate of drug-likeness (QED) is 0.0662. The molecular formula is C57H68FN11O8S. The zero-order valence-corrected chi connectivity index (χ0v) is 45.2. The molecule has 5 N–H and O–H groups in total. The Morgan fingerprint density at radius 1 is 0.910 bits per heavy atom. The fourth-order valence-corrected chi connectivity index (χ4v) is 12.8. The molecule has 4 aliphatic heterocycles. The SMILES string of the molecule is Cc1ncsc1-c1ccc([C@H](C)NC(=O)[C@@H]2C[C@@H](O)CN2C(=O)[C@H](c2cc(OCCN3CCC(O[C@H]4C[C@H](Oc5cc(N6C7CCC6CN(c6cc(-c8ccccc8O)nnc6N)C7)ccn5)C4)CC3)no2)C(C)C)c(F)c1. The topological polar surface area (TPSA) is 231 Å². The average molecular weight is 1090 g/mol. The second-order valence-electron chi connectivity index (χ2n) is 21.8. The van der Waals surface area contributed by atoms with Crippen molar-refractivity contribution in [1.29, 1.82) is 0 Å². The van der Waals surface area contributed by atoms with E-state index in [9.17, 15) is 19.8 Å². The normalized spacial score (nSPS) is 23.3. The molecule has 0 radical (unpaired) electrons. The smallest absolute Gasteiger partial charge is 0.254 e. The molecule has 1 aliphatic carbocycles. The molecule has 19 nitrogen and oxygen atoms in total. The highest BCUT2D eigenvalue weighted by atomic mass is 32.1. The molecule has 8 heterocycles. The molecule has 0 spiro atoms. The van der Waals surface area contributed by atoms with E-state index in [0.29, 0.717) is 53.0 Å². The highest BCUT2D eigenvalue weighted by Gasteiger charge is 2.45. The Kier molecular flexibility index (Phi) is 15.5. The number of aromatic nitrogens is 5. The molecule has 412 valence electrons. The summed E-state index contributed by atoms with van der Waals surface area (Å²) in [4.78, 5) is 46.3. The number of piperidine rings is 1. The molecule has 5 aliphatic rings. The number of fused-ring (bicyclic) bond motifs is 2. The summed E-state index contributed by atoms with van der Waals surface area (Å²) in [6.45, 7) is 11.7. The summed E-state index contributed by atoms with van der Waals surface area (Å²) in [6, 6.07) is 18.6. The maximum absolute atomic E-state index is 15.4. The summed E-state index contributed by atoms with van der Waals surface area (Å²) in [6.07, 6.45) is 6.94. The summed E-state index contributed by atoms with van der Waals surface area (Å²) in [5.74, 6) is -0.573. The van der Waals surface area contributed by atoms with Crippen molar-refractivity contribution in [3.8, 4) is 39.2 Å². The zero-order chi connectivity index (χ0) is 54.2. The van der Waals surface area contributed by atoms with E-state index in [1.807, 2.05) is 51.2 Å². The first kappa shape index (κ1) is 53.1. The van der Waals surface area contributed by atoms with Gasteiger partial charge >= 0.3 is 0 Å². The van der Waals surface area contributed by atoms with Crippen LogP contribution in [-0.4, -0.2) is 146 Å². The number of phenols is 1. The van der Waals surface area contributed by atoms with Crippen LogP contribution in [0.1, 0.15) is 94.7 Å². The highest BCUT2D eigenvalue weighted by molar-refractivity contribution is 7.13. The Morgan fingerprint density at radius 3 is 2.42 bits per heavy atom. The number of hydrogen-bond acceptors (Lipinski definition) is 18. The van der Waals surface area contributed by atoms with Gasteiger partial charge in [0.25, 0.3) is 5.88 Å². The van der Waals surface area contributed by atoms with Gasteiger partial charge in [0, 0.05) is 106 Å². The Bertz CT molecular complexity index is 3080. The molecule has 4 saturated heterocycles. The number of aromatic hydroxyl groups is 1. The highest BCUT2D eigenvalue weighted by Crippen LogP contribution is 2.41. The number of rotatable bonds is 18. The van der Waals surface area contributed by atoms with Crippen molar-refractivity contribution < 1.29 is 42.9 Å². The lowest BCUT2D eigenvalue weighted by Crippen LogP contribution is -2.54. The van der Waals surface area contributed by atoms with Crippen LogP contribution in [0, 0.1) is 18.7 Å². The average Bonchev–Trinajstić information content (AvgIpc) is 4.28. The minimum absolute atomic E-state index is 0.0222. The molecule has 78 heavy (non-hydrogen) atoms. The van der Waals surface area contributed by atoms with Gasteiger partial charge in [-0.1, -0.05) is 38.1 Å². The van der Waals surface area contributed by atoms with E-state index in [-0.39, 0.29) is 66.8 Å². The number of carbonyl (C=O) groups excluding carboxylic acids is 2. The number of carbonyl (C=O) groups is 2. The maximum Gasteiger partial charge on any atom is 0.254 e. The van der Waals surface area contributed by atoms with Crippen LogP contribution in [-0.2, 0) is 14.3 Å². The van der Waals surface area contributed by atoms with Gasteiger partial charge in [-0.2, -0.15) is 0 Å². The minimum Gasteiger partial charge on any atom is -0.507 e. The van der Waals surface area contributed by atoms with Crippen molar-refractivity contribution in [2.24, 2.45) is 5.92 Å². The number of thiazole rings is 1. The van der Waals surface area contributed by atoms with Crippen LogP contribution in [0.15, 0.2) is 83.0 Å². The summed E-state index contributed by atoms with van der Waals surface area (Å²) >= 11 is 1.43. The number of piperazine rings is 1. The number of para-hydroxylation sites is 1. The van der Waals surface area contributed by atoms with Crippen molar-refractivity contribution in [2.75, 3.05) is 61.4 Å². The first-order chi connectivity index (χ1) is 37.7. The minimum atomic E-state index is -0.956. The number of aliphatic hydroxyl groups excluding tert-OH is 1. The number of phenolic OH excluding ortho intramolecular Hbond substituents is 1. The fraction of sp³-hybridized carbons (Fsp3) is 0.491. The predicted molar refractivity (Wildman–Crippen MR) is 292 cm³/mol. The molecule has 4 aromatic heterocycles. The Hall–Kier alpha value is -6.94. The lowest BCUT2D eigenvalue weighted by atomic mass is 9.91. The summed E-state index contributed by atoms with van der Waals surface area (Å²) in [5, 5.41) is 36.7. The van der Waals surface area contributed by atoms with E-state index >= 15 is 4.39 Å². The van der Waals surface area contributed by atoms with E-state index in [1.165, 1.54) is 22.3 Å². The summed E-state index contributed by atoms with van der Waals surface area (Å²) in [7, 11) is 0. The molecule has 2 unspecified atom stereocenters. The Balaban J connectivity index is 0.604. The zero-order valence-electron chi connectivity index (χ0n) is 44.4. The van der Waals surface area contributed by atoms with Crippen LogP contribution < -0.4 is 30.3 Å². The third-order valence-electron chi connectivity index (χ3n) is 16.2. The van der Waals surface area contributed by atoms with Gasteiger partial charge in [0.15, 0.2) is 11.6 Å². The van der Waals surface area contributed by atoms with Gasteiger partial charge < -0.3 is 54.7 Å². The fourth-order valence-electron chi connectivity index (χ4n) is 12.0. The first-order valence-electron chi connectivity index (χ1n) is 27.3. The number of ether oxygens (including phenoxy) is 3. The molecule has 2 aromatic carbocycles. The van der Waals surface area contributed by atoms with E-state index in [4.69, 9.17) is 24.5 Å². The number of benzene rings is 2. The third-order valence-corrected chi connectivity index (χ3v) is 17.2. The van der Waals surface area contributed by atoms with E-state index in [0.717, 1.165) is 86.6 Å². The van der Waals surface area contributed by atoms with Crippen LogP contribution in [0.25, 0.3) is 21.7 Å². The van der Waals surface area contributed by atoms with Gasteiger partial charge in [0.05, 0.1) is 51.8 Å². The lowest BCUT2D eigenvalue weighted by Gasteiger charge is -2.43. The van der Waals surface area contributed by atoms with E-state index < -0.39 is 35.8 Å². The number of nitrogen functional groups attached to an aromatic ring is 1. The predicted octanol–water partition coefficient (Wildman–Crippen LogP) is 7.29. The van der Waals surface area contributed by atoms with E-state index in [1.54, 1.807) is 36.7 Å². The van der Waals surface area contributed by atoms with Crippen molar-refractivity contribution in [3.05, 3.63) is 101 Å². The number of likely N-dealkylation sites (tertiary alicyclic amines) is 2. The number of nitrogens with two attached hydrogens (primary N) is 1. The molecule has 6 aromatic rings. The number of pyridine rings is 1. The molecule has 2 bridgehead atoms. The first-order valence-corrected chi connectivity index (χ1v) is 28.1. The number of β-amino-alcohol motifs (C(OH)–C–C–N with tert-alkyl or cyclic N) is 1. The van der Waals surface area contributed by atoms with Crippen molar-refractivity contribution in [1.82, 2.24) is 40.4 Å². The number of aliphatic hydroxyl groups is 1. The molecule has 21 heteroatoms. The van der Waals surface area contributed by atoms with E-state index in [2.05, 4.69) is 57.5 Å². The van der Waals surface area contributed by atoms with Crippen LogP contribution in [0.3, 0.4) is 0 Å². The van der Waals surface area contributed by atoms with Crippen LogP contribution >= 0.6 is 11.3 Å². The van der Waals surface area contributed by atoms with Crippen LogP contribution in [0.2, 0.25) is 0 Å². The van der Waals surface area contributed by atoms with Crippen molar-refractivity contribution in [3.63, 3.8) is 0 Å². The molecule has 6 atom stereocenters. The number of nitrogens with zero attached hydrogens (tertiary/aromatic N) is 9. The third kappa shape index (κ3) is 11.3. The number of hydrogen-bond donors (Lipinski definition) is 4. The lowest BCUT2D eigenvalue weighted by molar-refractivity contribution is -0.141. The van der Waals surface area contributed by atoms with Gasteiger partial charge in [-0.25, -0.2) is 14.4 Å². The Morgan fingerprint density at radius 2 is 1.69 bits per heavy atom. The van der Waals surface area contributed by atoms with Gasteiger partial charge in [0.2, 0.25) is 17.7 Å². The molecule has 2 amide bonds. The Labute approximate surface area is 456 Å². The van der Waals surface area contributed by atoms with Crippen LogP contribution in [0.4, 0.5) is 21.6 Å². The summed E-state index contributed by atoms with van der Waals surface area (Å²) in [5.41, 5.74) is 13.1. The number of anilines is 3. The van der Waals surface area contributed by atoms with Gasteiger partial charge in [-0.15, -0.1) is 21.5 Å². The molecule has 5 fully saturated rings. The summed E-state index contributed by atoms with van der Waals surface area (Å²) < 4.78 is 40.1. The second-order valence-corrected chi connectivity index (χ2v) is 22.7. The number of amides is 2. The standard InChI is InChI=1S/C57H68FN11O8S/c1-32(2)53(57(73)68-30-39(70)23-48(68)56(72)62-33(3)43-12-9-35(21-45(43)58)54-34(4)61-31-78-54)50-27-52(65-77-50)74-20-19-66-17-14-40(15-18-66)75-41-24-42(25-41)76-51-22-36(13-16-60-51)69-37-10-11-38(69)29-67(28-37)47-26-46(63-64-55(47)59)44-7-5-6-8-49(44)71/h5-9,12-13,16,21-22,26-27,31-33,37-42,48,53,70-71H,10-11,14-15,17-20,23-25,28-30H2,1-4H3,(H2,59,64)(H,62,72)/t33-,37?,38?,39+,41-,42-,48-,53-/m0/s1. The van der Waals surface area contributed by atoms with Crippen LogP contribution in [0.5, 0.6) is 17.5 Å². The second kappa shape index (κ2) is 22.8. The van der Waals surface area contributed by atoms with Crippen molar-refractivity contribution >= 4 is 40.3 Å². The largest absolute Gasteiger partial charge is 0.507 e. The molecule has 1 saturated carbocycles. The number of aryl methyl sites for hydroxylation is 1. The van der Waals surface area contributed by atoms with Gasteiger partial charge in [-0.05, 0) is 86.5 Å². The van der Waals surface area contributed by atoms with Gasteiger partial charge in [0.1, 0.15) is 36.2 Å². The number of halogens is 1. The monoisotopic (exact) mass is 1090 g/mol.